The molecule has 22 heavy (non-hydrogen) atoms. The number of benzene rings is 3. The van der Waals surface area contributed by atoms with Gasteiger partial charge in [0.2, 0.25) is 0 Å². The second-order valence-electron chi connectivity index (χ2n) is 4.97. The number of nitrogens with zero attached hydrogens (tertiary/aromatic N) is 3. The standard InChI is InChI=1S/C17H10ClN3O/c18-13-9-7-12(8-10-13)17(22)21-15-6-2-4-11-3-1-5-14(16(11)15)19-20-21/h1-10H. The Hall–Kier alpha value is -2.72. The third kappa shape index (κ3) is 1.96. The van der Waals surface area contributed by atoms with Crippen molar-refractivity contribution in [3.8, 4) is 0 Å². The van der Waals surface area contributed by atoms with Gasteiger partial charge in [-0.05, 0) is 41.8 Å². The van der Waals surface area contributed by atoms with Crippen molar-refractivity contribution < 1.29 is 4.79 Å². The molecule has 0 N–H and O–H groups in total. The number of rotatable bonds is 1. The summed E-state index contributed by atoms with van der Waals surface area (Å²) < 4.78 is 0. The van der Waals surface area contributed by atoms with Gasteiger partial charge < -0.3 is 0 Å². The topological polar surface area (TPSA) is 45.0 Å². The number of anilines is 1. The molecule has 106 valence electrons. The van der Waals surface area contributed by atoms with E-state index in [1.54, 1.807) is 24.3 Å². The van der Waals surface area contributed by atoms with Gasteiger partial charge in [-0.1, -0.05) is 41.1 Å². The van der Waals surface area contributed by atoms with E-state index in [0.717, 1.165) is 22.1 Å². The molecule has 4 rings (SSSR count). The Balaban J connectivity index is 1.85. The van der Waals surface area contributed by atoms with Gasteiger partial charge in [-0.3, -0.25) is 4.79 Å². The predicted octanol–water partition coefficient (Wildman–Crippen LogP) is 5.15. The number of halogens is 1. The predicted molar refractivity (Wildman–Crippen MR) is 86.7 cm³/mol. The number of hydrogen-bond acceptors (Lipinski definition) is 3. The average Bonchev–Trinajstić information content (AvgIpc) is 2.56. The molecule has 1 amide bonds. The Morgan fingerprint density at radius 1 is 0.955 bits per heavy atom. The van der Waals surface area contributed by atoms with Gasteiger partial charge in [0.25, 0.3) is 5.91 Å². The smallest absolute Gasteiger partial charge is 0.267 e. The highest BCUT2D eigenvalue weighted by molar-refractivity contribution is 6.30. The summed E-state index contributed by atoms with van der Waals surface area (Å²) in [6.07, 6.45) is 0. The number of carbonyl (C=O) groups is 1. The molecule has 0 aliphatic carbocycles. The molecule has 0 atom stereocenters. The fourth-order valence-corrected chi connectivity index (χ4v) is 2.69. The van der Waals surface area contributed by atoms with Crippen LogP contribution in [-0.4, -0.2) is 5.91 Å². The Morgan fingerprint density at radius 3 is 2.45 bits per heavy atom. The molecule has 0 saturated heterocycles. The van der Waals surface area contributed by atoms with E-state index in [1.165, 1.54) is 5.01 Å². The molecule has 1 heterocycles. The van der Waals surface area contributed by atoms with E-state index >= 15 is 0 Å². The van der Waals surface area contributed by atoms with Crippen LogP contribution in [0.5, 0.6) is 0 Å². The highest BCUT2D eigenvalue weighted by Crippen LogP contribution is 2.39. The van der Waals surface area contributed by atoms with E-state index in [1.807, 2.05) is 36.4 Å². The van der Waals surface area contributed by atoms with Crippen LogP contribution >= 0.6 is 11.6 Å². The number of carbonyl (C=O) groups excluding carboxylic acids is 1. The van der Waals surface area contributed by atoms with E-state index in [4.69, 9.17) is 11.6 Å². The largest absolute Gasteiger partial charge is 0.280 e. The maximum atomic E-state index is 12.7. The van der Waals surface area contributed by atoms with Crippen molar-refractivity contribution in [3.05, 3.63) is 71.2 Å². The Morgan fingerprint density at radius 2 is 1.68 bits per heavy atom. The highest BCUT2D eigenvalue weighted by atomic mass is 35.5. The lowest BCUT2D eigenvalue weighted by Crippen LogP contribution is -2.26. The molecule has 0 bridgehead atoms. The van der Waals surface area contributed by atoms with Gasteiger partial charge in [0.05, 0.1) is 11.4 Å². The first kappa shape index (κ1) is 13.0. The molecule has 5 heteroatoms. The Labute approximate surface area is 131 Å². The highest BCUT2D eigenvalue weighted by Gasteiger charge is 2.23. The molecular formula is C17H10ClN3O. The summed E-state index contributed by atoms with van der Waals surface area (Å²) in [7, 11) is 0. The molecular weight excluding hydrogens is 298 g/mol. The molecule has 3 aromatic rings. The normalized spacial score (nSPS) is 12.7. The summed E-state index contributed by atoms with van der Waals surface area (Å²) in [5, 5.41) is 12.1. The van der Waals surface area contributed by atoms with Crippen molar-refractivity contribution in [1.29, 1.82) is 0 Å². The first-order valence-corrected chi connectivity index (χ1v) is 7.15. The van der Waals surface area contributed by atoms with Crippen LogP contribution in [0.2, 0.25) is 5.02 Å². The maximum Gasteiger partial charge on any atom is 0.280 e. The van der Waals surface area contributed by atoms with Crippen molar-refractivity contribution in [3.63, 3.8) is 0 Å². The Kier molecular flexibility index (Phi) is 2.91. The minimum Gasteiger partial charge on any atom is -0.267 e. The van der Waals surface area contributed by atoms with Crippen molar-refractivity contribution in [2.24, 2.45) is 10.3 Å². The van der Waals surface area contributed by atoms with Crippen LogP contribution in [0.4, 0.5) is 11.4 Å². The quantitative estimate of drug-likeness (QED) is 0.613. The zero-order chi connectivity index (χ0) is 15.1. The number of amides is 1. The minimum atomic E-state index is -0.234. The lowest BCUT2D eigenvalue weighted by atomic mass is 10.1. The van der Waals surface area contributed by atoms with Crippen LogP contribution in [0.15, 0.2) is 71.0 Å². The van der Waals surface area contributed by atoms with E-state index in [-0.39, 0.29) is 5.91 Å². The second kappa shape index (κ2) is 4.93. The van der Waals surface area contributed by atoms with Gasteiger partial charge >= 0.3 is 0 Å². The second-order valence-corrected chi connectivity index (χ2v) is 5.40. The summed E-state index contributed by atoms with van der Waals surface area (Å²) in [4.78, 5) is 12.7. The van der Waals surface area contributed by atoms with Gasteiger partial charge in [-0.15, -0.1) is 5.11 Å². The summed E-state index contributed by atoms with van der Waals surface area (Å²) in [6, 6.07) is 18.3. The van der Waals surface area contributed by atoms with Gasteiger partial charge in [-0.2, -0.15) is 5.01 Å². The van der Waals surface area contributed by atoms with E-state index < -0.39 is 0 Å². The Bertz CT molecular complexity index is 914. The summed E-state index contributed by atoms with van der Waals surface area (Å²) >= 11 is 5.87. The molecule has 1 aliphatic heterocycles. The summed E-state index contributed by atoms with van der Waals surface area (Å²) in [5.74, 6) is -0.234. The van der Waals surface area contributed by atoms with Crippen molar-refractivity contribution in [2.75, 3.05) is 5.01 Å². The molecule has 0 spiro atoms. The van der Waals surface area contributed by atoms with Crippen LogP contribution in [0.1, 0.15) is 10.4 Å². The molecule has 0 unspecified atom stereocenters. The molecule has 0 fully saturated rings. The lowest BCUT2D eigenvalue weighted by Gasteiger charge is -2.21. The van der Waals surface area contributed by atoms with Gasteiger partial charge in [0.15, 0.2) is 0 Å². The van der Waals surface area contributed by atoms with Crippen LogP contribution in [0.3, 0.4) is 0 Å². The van der Waals surface area contributed by atoms with Gasteiger partial charge in [0, 0.05) is 16.0 Å². The first-order valence-electron chi connectivity index (χ1n) is 6.77. The van der Waals surface area contributed by atoms with Crippen molar-refractivity contribution in [2.45, 2.75) is 0 Å². The minimum absolute atomic E-state index is 0.234. The van der Waals surface area contributed by atoms with E-state index in [2.05, 4.69) is 10.3 Å². The van der Waals surface area contributed by atoms with Crippen LogP contribution < -0.4 is 5.01 Å². The molecule has 1 aliphatic rings. The molecule has 3 aromatic carbocycles. The number of hydrogen-bond donors (Lipinski definition) is 0. The molecule has 0 aromatic heterocycles. The zero-order valence-electron chi connectivity index (χ0n) is 11.4. The first-order chi connectivity index (χ1) is 10.7. The van der Waals surface area contributed by atoms with Crippen LogP contribution in [0, 0.1) is 0 Å². The van der Waals surface area contributed by atoms with Gasteiger partial charge in [-0.25, -0.2) is 0 Å². The average molecular weight is 308 g/mol. The molecule has 0 saturated carbocycles. The van der Waals surface area contributed by atoms with Crippen LogP contribution in [-0.2, 0) is 0 Å². The fourth-order valence-electron chi connectivity index (χ4n) is 2.57. The fraction of sp³-hybridized carbons (Fsp3) is 0. The third-order valence-electron chi connectivity index (χ3n) is 3.61. The van der Waals surface area contributed by atoms with Crippen molar-refractivity contribution >= 4 is 39.7 Å². The van der Waals surface area contributed by atoms with E-state index in [0.29, 0.717) is 10.6 Å². The zero-order valence-corrected chi connectivity index (χ0v) is 12.2. The maximum absolute atomic E-state index is 12.7. The summed E-state index contributed by atoms with van der Waals surface area (Å²) in [6.45, 7) is 0. The molecule has 0 radical (unpaired) electrons. The van der Waals surface area contributed by atoms with Crippen molar-refractivity contribution in [1.82, 2.24) is 0 Å². The van der Waals surface area contributed by atoms with E-state index in [9.17, 15) is 4.79 Å². The monoisotopic (exact) mass is 307 g/mol. The third-order valence-corrected chi connectivity index (χ3v) is 3.87. The SMILES string of the molecule is O=C(c1ccc(Cl)cc1)N1N=Nc2cccc3cccc1c23. The lowest BCUT2D eigenvalue weighted by molar-refractivity contribution is 0.0985. The van der Waals surface area contributed by atoms with Gasteiger partial charge in [0.1, 0.15) is 0 Å². The molecule has 4 nitrogen and oxygen atoms in total. The summed E-state index contributed by atoms with van der Waals surface area (Å²) in [5.41, 5.74) is 2.02. The van der Waals surface area contributed by atoms with Crippen LogP contribution in [0.25, 0.3) is 10.8 Å².